The smallest absolute Gasteiger partial charge is 0.191 e. The maximum atomic E-state index is 11.5. The Hall–Kier alpha value is -1.09. The Kier molecular flexibility index (Phi) is 2.57. The molecule has 1 aromatic rings. The van der Waals surface area contributed by atoms with Crippen LogP contribution in [0.3, 0.4) is 0 Å². The van der Waals surface area contributed by atoms with Crippen LogP contribution in [0.4, 0.5) is 0 Å². The van der Waals surface area contributed by atoms with Crippen molar-refractivity contribution in [3.63, 3.8) is 0 Å². The van der Waals surface area contributed by atoms with Crippen LogP contribution < -0.4 is 5.43 Å². The van der Waals surface area contributed by atoms with Crippen LogP contribution in [-0.2, 0) is 0 Å². The summed E-state index contributed by atoms with van der Waals surface area (Å²) in [6.07, 6.45) is -0.730. The highest BCUT2D eigenvalue weighted by molar-refractivity contribution is 5.25. The number of aliphatic hydroxyl groups is 1. The maximum Gasteiger partial charge on any atom is 0.191 e. The van der Waals surface area contributed by atoms with E-state index in [-0.39, 0.29) is 5.43 Å². The zero-order valence-corrected chi connectivity index (χ0v) is 8.34. The molecule has 0 saturated carbocycles. The first-order valence-corrected chi connectivity index (χ1v) is 4.24. The monoisotopic (exact) mass is 182 g/mol. The van der Waals surface area contributed by atoms with E-state index < -0.39 is 6.10 Å². The lowest BCUT2D eigenvalue weighted by Gasteiger charge is -2.09. The zero-order chi connectivity index (χ0) is 10.2. The van der Waals surface area contributed by atoms with Gasteiger partial charge in [0.15, 0.2) is 5.43 Å². The molecule has 1 rings (SSSR count). The fraction of sp³-hybridized carbons (Fsp3) is 0.500. The van der Waals surface area contributed by atoms with Crippen molar-refractivity contribution < 1.29 is 9.52 Å². The van der Waals surface area contributed by atoms with E-state index in [2.05, 4.69) is 0 Å². The largest absolute Gasteiger partial charge is 0.463 e. The Morgan fingerprint density at radius 1 is 1.23 bits per heavy atom. The van der Waals surface area contributed by atoms with Crippen molar-refractivity contribution in [2.24, 2.45) is 0 Å². The molecule has 1 heterocycles. The van der Waals surface area contributed by atoms with Crippen LogP contribution in [0.15, 0.2) is 9.21 Å². The van der Waals surface area contributed by atoms with Gasteiger partial charge in [0.2, 0.25) is 0 Å². The van der Waals surface area contributed by atoms with Gasteiger partial charge in [-0.05, 0) is 27.7 Å². The highest BCUT2D eigenvalue weighted by Crippen LogP contribution is 2.17. The summed E-state index contributed by atoms with van der Waals surface area (Å²) in [5.41, 5.74) is 1.07. The van der Waals surface area contributed by atoms with Crippen molar-refractivity contribution in [3.05, 3.63) is 32.9 Å². The molecular formula is C10H14O3. The van der Waals surface area contributed by atoms with E-state index in [0.717, 1.165) is 0 Å². The second kappa shape index (κ2) is 3.34. The first-order valence-electron chi connectivity index (χ1n) is 4.24. The number of aliphatic hydroxyl groups excluding tert-OH is 1. The second-order valence-electron chi connectivity index (χ2n) is 3.28. The van der Waals surface area contributed by atoms with Crippen molar-refractivity contribution in [1.82, 2.24) is 0 Å². The van der Waals surface area contributed by atoms with Gasteiger partial charge < -0.3 is 9.52 Å². The normalized spacial score (nSPS) is 13.0. The fourth-order valence-corrected chi connectivity index (χ4v) is 1.27. The third kappa shape index (κ3) is 1.65. The van der Waals surface area contributed by atoms with Crippen LogP contribution in [-0.4, -0.2) is 5.11 Å². The Morgan fingerprint density at radius 2 is 1.77 bits per heavy atom. The zero-order valence-electron chi connectivity index (χ0n) is 8.34. The van der Waals surface area contributed by atoms with E-state index in [1.807, 2.05) is 0 Å². The number of aryl methyl sites for hydroxylation is 1. The first kappa shape index (κ1) is 9.99. The van der Waals surface area contributed by atoms with Crippen molar-refractivity contribution in [2.45, 2.75) is 33.8 Å². The molecule has 72 valence electrons. The molecule has 0 saturated heterocycles. The van der Waals surface area contributed by atoms with Gasteiger partial charge >= 0.3 is 0 Å². The van der Waals surface area contributed by atoms with Gasteiger partial charge in [-0.2, -0.15) is 0 Å². The fourth-order valence-electron chi connectivity index (χ4n) is 1.27. The van der Waals surface area contributed by atoms with Crippen molar-refractivity contribution in [2.75, 3.05) is 0 Å². The van der Waals surface area contributed by atoms with Gasteiger partial charge in [-0.3, -0.25) is 4.79 Å². The predicted octanol–water partition coefficient (Wildman–Crippen LogP) is 1.62. The topological polar surface area (TPSA) is 50.4 Å². The van der Waals surface area contributed by atoms with Gasteiger partial charge in [0.1, 0.15) is 17.6 Å². The number of rotatable bonds is 1. The summed E-state index contributed by atoms with van der Waals surface area (Å²) in [5, 5.41) is 9.31. The van der Waals surface area contributed by atoms with E-state index >= 15 is 0 Å². The van der Waals surface area contributed by atoms with Gasteiger partial charge in [0.05, 0.1) is 0 Å². The standard InChI is InChI=1S/C10H14O3/c1-5-8(4)13-10(7(3)11)6(2)9(5)12/h7,11H,1-4H3. The minimum Gasteiger partial charge on any atom is -0.463 e. The van der Waals surface area contributed by atoms with Crippen molar-refractivity contribution in [1.29, 1.82) is 0 Å². The number of hydrogen-bond acceptors (Lipinski definition) is 3. The highest BCUT2D eigenvalue weighted by atomic mass is 16.4. The van der Waals surface area contributed by atoms with Gasteiger partial charge in [-0.15, -0.1) is 0 Å². The lowest BCUT2D eigenvalue weighted by atomic mass is 10.1. The van der Waals surface area contributed by atoms with E-state index in [1.165, 1.54) is 0 Å². The molecule has 0 fully saturated rings. The molecule has 13 heavy (non-hydrogen) atoms. The van der Waals surface area contributed by atoms with E-state index in [1.54, 1.807) is 27.7 Å². The molecule has 0 bridgehead atoms. The lowest BCUT2D eigenvalue weighted by molar-refractivity contribution is 0.163. The summed E-state index contributed by atoms with van der Waals surface area (Å²) in [6, 6.07) is 0. The Morgan fingerprint density at radius 3 is 2.23 bits per heavy atom. The average molecular weight is 182 g/mol. The molecule has 0 aliphatic heterocycles. The molecule has 1 unspecified atom stereocenters. The third-order valence-corrected chi connectivity index (χ3v) is 2.22. The maximum absolute atomic E-state index is 11.5. The van der Waals surface area contributed by atoms with Crippen LogP contribution in [0.5, 0.6) is 0 Å². The molecule has 0 spiro atoms. The Bertz CT molecular complexity index is 374. The van der Waals surface area contributed by atoms with Gasteiger partial charge in [0, 0.05) is 11.1 Å². The minimum absolute atomic E-state index is 0.0420. The quantitative estimate of drug-likeness (QED) is 0.718. The molecule has 1 atom stereocenters. The SMILES string of the molecule is Cc1oc(C(C)O)c(C)c(=O)c1C. The molecule has 3 heteroatoms. The molecule has 0 radical (unpaired) electrons. The Balaban J connectivity index is 3.51. The molecule has 3 nitrogen and oxygen atoms in total. The summed E-state index contributed by atoms with van der Waals surface area (Å²) in [7, 11) is 0. The van der Waals surface area contributed by atoms with E-state index in [0.29, 0.717) is 22.6 Å². The van der Waals surface area contributed by atoms with Crippen molar-refractivity contribution >= 4 is 0 Å². The average Bonchev–Trinajstić information content (AvgIpc) is 2.07. The second-order valence-corrected chi connectivity index (χ2v) is 3.28. The van der Waals surface area contributed by atoms with E-state index in [4.69, 9.17) is 4.42 Å². The minimum atomic E-state index is -0.730. The van der Waals surface area contributed by atoms with Gasteiger partial charge in [0.25, 0.3) is 0 Å². The highest BCUT2D eigenvalue weighted by Gasteiger charge is 2.14. The lowest BCUT2D eigenvalue weighted by Crippen LogP contribution is -2.14. The summed E-state index contributed by atoms with van der Waals surface area (Å²) in [4.78, 5) is 11.5. The van der Waals surface area contributed by atoms with Crippen molar-refractivity contribution in [3.8, 4) is 0 Å². The molecule has 1 N–H and O–H groups in total. The molecule has 1 aromatic heterocycles. The van der Waals surface area contributed by atoms with Crippen LogP contribution >= 0.6 is 0 Å². The molecule has 0 aromatic carbocycles. The molecule has 0 amide bonds. The van der Waals surface area contributed by atoms with E-state index in [9.17, 15) is 9.90 Å². The van der Waals surface area contributed by atoms with Crippen LogP contribution in [0, 0.1) is 20.8 Å². The summed E-state index contributed by atoms with van der Waals surface area (Å²) in [5.74, 6) is 0.944. The molecular weight excluding hydrogens is 168 g/mol. The summed E-state index contributed by atoms with van der Waals surface area (Å²) in [6.45, 7) is 6.70. The van der Waals surface area contributed by atoms with Crippen LogP contribution in [0.1, 0.15) is 35.7 Å². The summed E-state index contributed by atoms with van der Waals surface area (Å²) >= 11 is 0. The first-order chi connectivity index (χ1) is 5.95. The number of hydrogen-bond donors (Lipinski definition) is 1. The third-order valence-electron chi connectivity index (χ3n) is 2.22. The van der Waals surface area contributed by atoms with Gasteiger partial charge in [-0.1, -0.05) is 0 Å². The van der Waals surface area contributed by atoms with Gasteiger partial charge in [-0.25, -0.2) is 0 Å². The summed E-state index contributed by atoms with van der Waals surface area (Å²) < 4.78 is 5.33. The molecule has 0 aliphatic carbocycles. The Labute approximate surface area is 77.0 Å². The van der Waals surface area contributed by atoms with Crippen LogP contribution in [0.2, 0.25) is 0 Å². The van der Waals surface area contributed by atoms with Crippen LogP contribution in [0.25, 0.3) is 0 Å². The molecule has 0 aliphatic rings. The predicted molar refractivity (Wildman–Crippen MR) is 49.8 cm³/mol.